The molecule has 19 heavy (non-hydrogen) atoms. The van der Waals surface area contributed by atoms with E-state index in [2.05, 4.69) is 15.4 Å². The zero-order chi connectivity index (χ0) is 13.8. The Morgan fingerprint density at radius 3 is 2.58 bits per heavy atom. The topological polar surface area (TPSA) is 97.1 Å². The summed E-state index contributed by atoms with van der Waals surface area (Å²) in [4.78, 5) is 26.7. The summed E-state index contributed by atoms with van der Waals surface area (Å²) in [5.41, 5.74) is 0. The third-order valence-electron chi connectivity index (χ3n) is 3.64. The standard InChI is InChI=1S/C12H18N4O3/c1-8(16-7-13-6-14-16)11(17)15-10-4-2-9(3-5-10)12(18)19/h6-10H,2-5H2,1H3,(H,15,17)(H,18,19). The summed E-state index contributed by atoms with van der Waals surface area (Å²) >= 11 is 0. The third kappa shape index (κ3) is 3.30. The van der Waals surface area contributed by atoms with Gasteiger partial charge >= 0.3 is 5.97 Å². The molecule has 2 N–H and O–H groups in total. The second-order valence-corrected chi connectivity index (χ2v) is 4.95. The van der Waals surface area contributed by atoms with Gasteiger partial charge in [-0.1, -0.05) is 0 Å². The van der Waals surface area contributed by atoms with Crippen molar-refractivity contribution in [1.29, 1.82) is 0 Å². The minimum Gasteiger partial charge on any atom is -0.481 e. The lowest BCUT2D eigenvalue weighted by Crippen LogP contribution is -2.41. The van der Waals surface area contributed by atoms with Crippen molar-refractivity contribution in [2.24, 2.45) is 5.92 Å². The number of nitrogens with one attached hydrogen (secondary N) is 1. The first kappa shape index (κ1) is 13.5. The van der Waals surface area contributed by atoms with Crippen molar-refractivity contribution in [2.45, 2.75) is 44.7 Å². The van der Waals surface area contributed by atoms with Crippen molar-refractivity contribution in [3.8, 4) is 0 Å². The van der Waals surface area contributed by atoms with Gasteiger partial charge in [0, 0.05) is 6.04 Å². The number of hydrogen-bond donors (Lipinski definition) is 2. The third-order valence-corrected chi connectivity index (χ3v) is 3.64. The summed E-state index contributed by atoms with van der Waals surface area (Å²) in [6, 6.07) is -0.339. The second-order valence-electron chi connectivity index (χ2n) is 4.95. The van der Waals surface area contributed by atoms with E-state index in [9.17, 15) is 9.59 Å². The average Bonchev–Trinajstić information content (AvgIpc) is 2.92. The molecule has 1 amide bonds. The molecule has 0 aromatic carbocycles. The van der Waals surface area contributed by atoms with Crippen LogP contribution in [0.4, 0.5) is 0 Å². The predicted octanol–water partition coefficient (Wildman–Crippen LogP) is 0.599. The number of carbonyl (C=O) groups is 2. The molecule has 1 fully saturated rings. The molecular weight excluding hydrogens is 248 g/mol. The second kappa shape index (κ2) is 5.81. The van der Waals surface area contributed by atoms with Crippen molar-refractivity contribution in [1.82, 2.24) is 20.1 Å². The van der Waals surface area contributed by atoms with Crippen molar-refractivity contribution >= 4 is 11.9 Å². The van der Waals surface area contributed by atoms with Gasteiger partial charge in [0.2, 0.25) is 5.91 Å². The lowest BCUT2D eigenvalue weighted by molar-refractivity contribution is -0.142. The minimum absolute atomic E-state index is 0.0640. The quantitative estimate of drug-likeness (QED) is 0.831. The summed E-state index contributed by atoms with van der Waals surface area (Å²) < 4.78 is 1.50. The summed E-state index contributed by atoms with van der Waals surface area (Å²) in [7, 11) is 0. The fourth-order valence-corrected chi connectivity index (χ4v) is 2.34. The van der Waals surface area contributed by atoms with Crippen molar-refractivity contribution in [3.05, 3.63) is 12.7 Å². The Kier molecular flexibility index (Phi) is 4.13. The Morgan fingerprint density at radius 2 is 2.05 bits per heavy atom. The van der Waals surface area contributed by atoms with Gasteiger partial charge in [-0.25, -0.2) is 9.67 Å². The average molecular weight is 266 g/mol. The van der Waals surface area contributed by atoms with Crippen LogP contribution in [0.15, 0.2) is 12.7 Å². The minimum atomic E-state index is -0.735. The van der Waals surface area contributed by atoms with Gasteiger partial charge in [0.15, 0.2) is 0 Å². The van der Waals surface area contributed by atoms with Gasteiger partial charge in [-0.3, -0.25) is 9.59 Å². The maximum atomic E-state index is 12.0. The van der Waals surface area contributed by atoms with Gasteiger partial charge in [-0.2, -0.15) is 5.10 Å². The highest BCUT2D eigenvalue weighted by Gasteiger charge is 2.27. The maximum absolute atomic E-state index is 12.0. The van der Waals surface area contributed by atoms with E-state index in [1.807, 2.05) is 0 Å². The molecule has 1 aromatic heterocycles. The summed E-state index contributed by atoms with van der Waals surface area (Å²) in [6.45, 7) is 1.76. The van der Waals surface area contributed by atoms with E-state index in [0.29, 0.717) is 25.7 Å². The van der Waals surface area contributed by atoms with Crippen molar-refractivity contribution in [2.75, 3.05) is 0 Å². The summed E-state index contributed by atoms with van der Waals surface area (Å²) in [5, 5.41) is 15.8. The summed E-state index contributed by atoms with van der Waals surface area (Å²) in [5.74, 6) is -1.11. The molecule has 1 unspecified atom stereocenters. The van der Waals surface area contributed by atoms with Crippen LogP contribution in [0.25, 0.3) is 0 Å². The van der Waals surface area contributed by atoms with Gasteiger partial charge in [0.1, 0.15) is 18.7 Å². The molecule has 7 nitrogen and oxygen atoms in total. The fourth-order valence-electron chi connectivity index (χ4n) is 2.34. The summed E-state index contributed by atoms with van der Waals surface area (Å²) in [6.07, 6.45) is 5.57. The number of amides is 1. The zero-order valence-corrected chi connectivity index (χ0v) is 10.8. The van der Waals surface area contributed by atoms with Crippen LogP contribution < -0.4 is 5.32 Å². The predicted molar refractivity (Wildman–Crippen MR) is 66.3 cm³/mol. The Balaban J connectivity index is 1.82. The van der Waals surface area contributed by atoms with Gasteiger partial charge in [0.25, 0.3) is 0 Å². The largest absolute Gasteiger partial charge is 0.481 e. The molecule has 1 aromatic rings. The molecule has 0 aliphatic heterocycles. The van der Waals surface area contributed by atoms with Crippen LogP contribution in [0.2, 0.25) is 0 Å². The number of aliphatic carboxylic acids is 1. The lowest BCUT2D eigenvalue weighted by Gasteiger charge is -2.27. The highest BCUT2D eigenvalue weighted by Crippen LogP contribution is 2.24. The van der Waals surface area contributed by atoms with E-state index >= 15 is 0 Å². The van der Waals surface area contributed by atoms with Gasteiger partial charge < -0.3 is 10.4 Å². The lowest BCUT2D eigenvalue weighted by atomic mass is 9.86. The van der Waals surface area contributed by atoms with Crippen LogP contribution in [0, 0.1) is 5.92 Å². The number of carboxylic acids is 1. The highest BCUT2D eigenvalue weighted by molar-refractivity contribution is 5.80. The fraction of sp³-hybridized carbons (Fsp3) is 0.667. The Labute approximate surface area is 111 Å². The smallest absolute Gasteiger partial charge is 0.306 e. The van der Waals surface area contributed by atoms with Gasteiger partial charge in [-0.05, 0) is 32.6 Å². The van der Waals surface area contributed by atoms with Crippen LogP contribution in [-0.4, -0.2) is 37.8 Å². The Bertz CT molecular complexity index is 438. The SMILES string of the molecule is CC(C(=O)NC1CCC(C(=O)O)CC1)n1cncn1. The number of aromatic nitrogens is 3. The molecular formula is C12H18N4O3. The molecule has 2 rings (SSSR count). The van der Waals surface area contributed by atoms with Crippen molar-refractivity contribution in [3.63, 3.8) is 0 Å². The molecule has 104 valence electrons. The van der Waals surface area contributed by atoms with Gasteiger partial charge in [0.05, 0.1) is 5.92 Å². The highest BCUT2D eigenvalue weighted by atomic mass is 16.4. The van der Waals surface area contributed by atoms with Crippen LogP contribution in [-0.2, 0) is 9.59 Å². The molecule has 0 radical (unpaired) electrons. The van der Waals surface area contributed by atoms with Crippen molar-refractivity contribution < 1.29 is 14.7 Å². The van der Waals surface area contributed by atoms with Crippen LogP contribution in [0.5, 0.6) is 0 Å². The maximum Gasteiger partial charge on any atom is 0.306 e. The van der Waals surface area contributed by atoms with Crippen LogP contribution in [0.3, 0.4) is 0 Å². The number of rotatable bonds is 4. The molecule has 1 atom stereocenters. The first-order valence-electron chi connectivity index (χ1n) is 6.45. The molecule has 1 heterocycles. The van der Waals surface area contributed by atoms with E-state index in [4.69, 9.17) is 5.11 Å². The first-order chi connectivity index (χ1) is 9.08. The molecule has 1 aliphatic carbocycles. The van der Waals surface area contributed by atoms with E-state index in [1.165, 1.54) is 17.3 Å². The Hall–Kier alpha value is -1.92. The van der Waals surface area contributed by atoms with Crippen LogP contribution >= 0.6 is 0 Å². The van der Waals surface area contributed by atoms with E-state index in [1.54, 1.807) is 6.92 Å². The van der Waals surface area contributed by atoms with E-state index in [0.717, 1.165) is 0 Å². The zero-order valence-electron chi connectivity index (χ0n) is 10.8. The van der Waals surface area contributed by atoms with Gasteiger partial charge in [-0.15, -0.1) is 0 Å². The molecule has 0 saturated heterocycles. The molecule has 7 heteroatoms. The van der Waals surface area contributed by atoms with E-state index in [-0.39, 0.29) is 17.9 Å². The number of nitrogens with zero attached hydrogens (tertiary/aromatic N) is 3. The van der Waals surface area contributed by atoms with E-state index < -0.39 is 12.0 Å². The first-order valence-corrected chi connectivity index (χ1v) is 6.45. The monoisotopic (exact) mass is 266 g/mol. The number of carboxylic acid groups (broad SMARTS) is 1. The Morgan fingerprint density at radius 1 is 1.37 bits per heavy atom. The molecule has 1 aliphatic rings. The molecule has 0 bridgehead atoms. The molecule has 0 spiro atoms. The van der Waals surface area contributed by atoms with Crippen LogP contribution in [0.1, 0.15) is 38.6 Å². The molecule has 1 saturated carbocycles. The number of carbonyl (C=O) groups excluding carboxylic acids is 1. The number of hydrogen-bond acceptors (Lipinski definition) is 4. The normalized spacial score (nSPS) is 24.7.